The number of hydrogen-bond donors (Lipinski definition) is 0. The van der Waals surface area contributed by atoms with Gasteiger partial charge < -0.3 is 0 Å². The summed E-state index contributed by atoms with van der Waals surface area (Å²) in [6, 6.07) is 72.1. The van der Waals surface area contributed by atoms with Gasteiger partial charge in [0.15, 0.2) is 17.5 Å². The normalized spacial score (nSPS) is 11.9. The summed E-state index contributed by atoms with van der Waals surface area (Å²) in [5.41, 5.74) is 7.67. The quantitative estimate of drug-likeness (QED) is 0.162. The minimum Gasteiger partial charge on any atom is -0.208 e. The summed E-state index contributed by atoms with van der Waals surface area (Å²) >= 11 is 3.60. The van der Waals surface area contributed by atoms with Gasteiger partial charge in [-0.1, -0.05) is 176 Å². The maximum absolute atomic E-state index is 5.59. The van der Waals surface area contributed by atoms with Gasteiger partial charge in [0.25, 0.3) is 0 Å². The fourth-order valence-electron chi connectivity index (χ4n) is 9.63. The van der Waals surface area contributed by atoms with Crippen LogP contribution >= 0.6 is 22.7 Å². The molecule has 0 aliphatic carbocycles. The zero-order valence-corrected chi connectivity index (χ0v) is 34.8. The lowest BCUT2D eigenvalue weighted by molar-refractivity contribution is 1.08. The fourth-order valence-corrected chi connectivity index (χ4v) is 12.1. The second kappa shape index (κ2) is 14.0. The molecule has 0 aliphatic heterocycles. The first-order valence-electron chi connectivity index (χ1n) is 20.9. The molecule has 0 radical (unpaired) electrons. The molecule has 0 spiro atoms. The lowest BCUT2D eigenvalue weighted by Crippen LogP contribution is -2.02. The number of thiophene rings is 2. The smallest absolute Gasteiger partial charge is 0.165 e. The van der Waals surface area contributed by atoms with Crippen LogP contribution in [0, 0.1) is 0 Å². The van der Waals surface area contributed by atoms with Crippen molar-refractivity contribution < 1.29 is 0 Å². The summed E-state index contributed by atoms with van der Waals surface area (Å²) in [5.74, 6) is 1.97. The van der Waals surface area contributed by atoms with Crippen LogP contribution in [-0.2, 0) is 0 Å². The molecule has 13 aromatic rings. The van der Waals surface area contributed by atoms with Crippen LogP contribution in [0.2, 0.25) is 0 Å². The molecule has 0 atom stereocenters. The number of aromatic nitrogens is 3. The molecule has 13 rings (SSSR count). The Balaban J connectivity index is 1.16. The summed E-state index contributed by atoms with van der Waals surface area (Å²) < 4.78 is 4.83. The Morgan fingerprint density at radius 2 is 0.694 bits per heavy atom. The first-order valence-corrected chi connectivity index (χ1v) is 22.5. The van der Waals surface area contributed by atoms with Gasteiger partial charge in [0.1, 0.15) is 0 Å². The van der Waals surface area contributed by atoms with Gasteiger partial charge in [0.05, 0.1) is 0 Å². The molecule has 0 aliphatic rings. The van der Waals surface area contributed by atoms with Gasteiger partial charge in [-0.05, 0) is 78.8 Å². The predicted octanol–water partition coefficient (Wildman–Crippen LogP) is 16.4. The fraction of sp³-hybridized carbons (Fsp3) is 0. The van der Waals surface area contributed by atoms with Gasteiger partial charge in [0, 0.05) is 57.0 Å². The zero-order chi connectivity index (χ0) is 40.7. The second-order valence-corrected chi connectivity index (χ2v) is 17.9. The van der Waals surface area contributed by atoms with E-state index in [0.717, 1.165) is 33.0 Å². The van der Waals surface area contributed by atoms with Crippen LogP contribution in [0.25, 0.3) is 129 Å². The van der Waals surface area contributed by atoms with E-state index in [1.165, 1.54) is 78.6 Å². The molecule has 0 saturated carbocycles. The van der Waals surface area contributed by atoms with E-state index in [2.05, 4.69) is 200 Å². The third-order valence-electron chi connectivity index (χ3n) is 12.3. The third kappa shape index (κ3) is 5.39. The highest BCUT2D eigenvalue weighted by atomic mass is 32.1. The number of fused-ring (bicyclic) bond motifs is 9. The number of rotatable bonds is 5. The van der Waals surface area contributed by atoms with Crippen molar-refractivity contribution in [3.05, 3.63) is 200 Å². The van der Waals surface area contributed by atoms with Crippen LogP contribution in [-0.4, -0.2) is 15.0 Å². The van der Waals surface area contributed by atoms with Crippen LogP contribution in [0.3, 0.4) is 0 Å². The Bertz CT molecular complexity index is 3750. The molecule has 10 aromatic carbocycles. The van der Waals surface area contributed by atoms with Crippen LogP contribution in [0.1, 0.15) is 0 Å². The van der Waals surface area contributed by atoms with E-state index in [-0.39, 0.29) is 0 Å². The highest BCUT2D eigenvalue weighted by Gasteiger charge is 2.24. The largest absolute Gasteiger partial charge is 0.208 e. The summed E-state index contributed by atoms with van der Waals surface area (Å²) in [4.78, 5) is 16.6. The van der Waals surface area contributed by atoms with E-state index < -0.39 is 0 Å². The van der Waals surface area contributed by atoms with Crippen molar-refractivity contribution in [1.29, 1.82) is 0 Å². The molecule has 0 saturated heterocycles. The van der Waals surface area contributed by atoms with Crippen molar-refractivity contribution in [2.75, 3.05) is 0 Å². The average Bonchev–Trinajstić information content (AvgIpc) is 3.92. The maximum Gasteiger partial charge on any atom is 0.165 e. The first kappa shape index (κ1) is 35.2. The van der Waals surface area contributed by atoms with Crippen LogP contribution in [0.4, 0.5) is 0 Å². The zero-order valence-electron chi connectivity index (χ0n) is 33.2. The third-order valence-corrected chi connectivity index (χ3v) is 14.8. The number of hydrogen-bond acceptors (Lipinski definition) is 5. The van der Waals surface area contributed by atoms with E-state index >= 15 is 0 Å². The monoisotopic (exact) mass is 823 g/mol. The van der Waals surface area contributed by atoms with E-state index in [4.69, 9.17) is 15.0 Å². The molecule has 3 nitrogen and oxygen atoms in total. The van der Waals surface area contributed by atoms with Crippen LogP contribution < -0.4 is 0 Å². The van der Waals surface area contributed by atoms with Gasteiger partial charge >= 0.3 is 0 Å². The molecule has 62 heavy (non-hydrogen) atoms. The van der Waals surface area contributed by atoms with Crippen molar-refractivity contribution >= 4 is 95.3 Å². The van der Waals surface area contributed by atoms with E-state index in [9.17, 15) is 0 Å². The van der Waals surface area contributed by atoms with Crippen molar-refractivity contribution in [3.63, 3.8) is 0 Å². The molecule has 0 fully saturated rings. The van der Waals surface area contributed by atoms with Crippen molar-refractivity contribution in [3.8, 4) is 56.4 Å². The average molecular weight is 824 g/mol. The van der Waals surface area contributed by atoms with Gasteiger partial charge in [-0.15, -0.1) is 22.7 Å². The molecule has 0 bridgehead atoms. The summed E-state index contributed by atoms with van der Waals surface area (Å²) in [6.07, 6.45) is 0. The van der Waals surface area contributed by atoms with Crippen molar-refractivity contribution in [1.82, 2.24) is 15.0 Å². The standard InChI is InChI=1S/C57H33N3S2/c1-2-17-35(18-3-1)50-39-22-6-8-24-41(39)51(42-25-9-7-23-40(42)50)45-33-32-34-16-4-5-19-36(34)52(45)57-59-55(46-28-14-26-43-37-20-10-12-30-48(37)61-53(43)46)58-56(60-57)47-29-15-27-44-38-21-11-13-31-49(38)62-54(44)47/h1-33H. The molecule has 0 N–H and O–H groups in total. The molecular weight excluding hydrogens is 791 g/mol. The highest BCUT2D eigenvalue weighted by Crippen LogP contribution is 2.48. The summed E-state index contributed by atoms with van der Waals surface area (Å²) in [6.45, 7) is 0. The SMILES string of the molecule is c1ccc(-c2c3ccccc3c(-c3ccc4ccccc4c3-c3nc(-c4cccc5c4sc4ccccc45)nc(-c4cccc5c4sc4ccccc45)n3)c3ccccc23)cc1. The topological polar surface area (TPSA) is 38.7 Å². The minimum atomic E-state index is 0.647. The van der Waals surface area contributed by atoms with Gasteiger partial charge in [-0.25, -0.2) is 15.0 Å². The predicted molar refractivity (Wildman–Crippen MR) is 265 cm³/mol. The van der Waals surface area contributed by atoms with E-state index in [1.54, 1.807) is 22.7 Å². The van der Waals surface area contributed by atoms with E-state index in [0.29, 0.717) is 17.5 Å². The Morgan fingerprint density at radius 1 is 0.258 bits per heavy atom. The molecular formula is C57H33N3S2. The first-order chi connectivity index (χ1) is 30.8. The maximum atomic E-state index is 5.59. The van der Waals surface area contributed by atoms with Gasteiger partial charge in [-0.2, -0.15) is 0 Å². The van der Waals surface area contributed by atoms with E-state index in [1.807, 2.05) is 0 Å². The molecule has 5 heteroatoms. The molecule has 288 valence electrons. The number of benzene rings is 10. The van der Waals surface area contributed by atoms with Crippen LogP contribution in [0.5, 0.6) is 0 Å². The molecule has 0 unspecified atom stereocenters. The summed E-state index contributed by atoms with van der Waals surface area (Å²) in [5, 5.41) is 11.9. The molecule has 3 heterocycles. The Morgan fingerprint density at radius 3 is 1.26 bits per heavy atom. The van der Waals surface area contributed by atoms with Crippen LogP contribution in [0.15, 0.2) is 200 Å². The highest BCUT2D eigenvalue weighted by molar-refractivity contribution is 7.26. The molecule has 3 aromatic heterocycles. The lowest BCUT2D eigenvalue weighted by Gasteiger charge is -2.20. The Hall–Kier alpha value is -7.57. The molecule has 0 amide bonds. The van der Waals surface area contributed by atoms with Crippen molar-refractivity contribution in [2.45, 2.75) is 0 Å². The number of nitrogens with zero attached hydrogens (tertiary/aromatic N) is 3. The van der Waals surface area contributed by atoms with Gasteiger partial charge in [-0.3, -0.25) is 0 Å². The lowest BCUT2D eigenvalue weighted by atomic mass is 9.83. The Labute approximate surface area is 364 Å². The van der Waals surface area contributed by atoms with Crippen molar-refractivity contribution in [2.24, 2.45) is 0 Å². The minimum absolute atomic E-state index is 0.647. The Kier molecular flexibility index (Phi) is 7.95. The van der Waals surface area contributed by atoms with Gasteiger partial charge in [0.2, 0.25) is 0 Å². The second-order valence-electron chi connectivity index (χ2n) is 15.8. The summed E-state index contributed by atoms with van der Waals surface area (Å²) in [7, 11) is 0.